The lowest BCUT2D eigenvalue weighted by Gasteiger charge is -2.31. The smallest absolute Gasteiger partial charge is 0.390 e. The maximum Gasteiger partial charge on any atom is 0.390 e. The summed E-state index contributed by atoms with van der Waals surface area (Å²) in [5.74, 6) is -0.999. The van der Waals surface area contributed by atoms with Crippen molar-refractivity contribution < 1.29 is 24.2 Å². The van der Waals surface area contributed by atoms with Crippen molar-refractivity contribution in [2.45, 2.75) is 38.6 Å². The van der Waals surface area contributed by atoms with E-state index in [1.54, 1.807) is 24.7 Å². The molecule has 1 aliphatic rings. The van der Waals surface area contributed by atoms with Gasteiger partial charge in [-0.25, -0.2) is 4.79 Å². The third kappa shape index (κ3) is 3.96. The predicted octanol–water partition coefficient (Wildman–Crippen LogP) is -1.80. The van der Waals surface area contributed by atoms with E-state index in [1.807, 2.05) is 0 Å². The highest BCUT2D eigenvalue weighted by molar-refractivity contribution is 6.15. The number of carbonyl (C=O) groups is 2. The average Bonchev–Trinajstić information content (AvgIpc) is 2.18. The third-order valence-electron chi connectivity index (χ3n) is 2.31. The normalized spacial score (nSPS) is 23.4. The summed E-state index contributed by atoms with van der Waals surface area (Å²) in [6.07, 6.45) is -2.32. The van der Waals surface area contributed by atoms with Gasteiger partial charge in [0.05, 0.1) is 6.61 Å². The van der Waals surface area contributed by atoms with E-state index in [9.17, 15) is 9.59 Å². The molecule has 7 heteroatoms. The lowest BCUT2D eigenvalue weighted by atomic mass is 10.1. The summed E-state index contributed by atoms with van der Waals surface area (Å²) >= 11 is 0.575. The van der Waals surface area contributed by atoms with Gasteiger partial charge in [-0.2, -0.15) is 0 Å². The minimum absolute atomic E-state index is 0.284. The molecule has 1 saturated heterocycles. The van der Waals surface area contributed by atoms with Gasteiger partial charge in [0.25, 0.3) is 6.10 Å². The zero-order chi connectivity index (χ0) is 13.2. The molecule has 0 saturated carbocycles. The van der Waals surface area contributed by atoms with Gasteiger partial charge in [-0.1, -0.05) is 0 Å². The van der Waals surface area contributed by atoms with Gasteiger partial charge in [-0.15, -0.1) is 0 Å². The minimum Gasteiger partial charge on any atom is -0.454 e. The van der Waals surface area contributed by atoms with E-state index < -0.39 is 23.8 Å². The second-order valence-corrected chi connectivity index (χ2v) is 6.14. The van der Waals surface area contributed by atoms with E-state index in [-0.39, 0.29) is 5.91 Å². The minimum atomic E-state index is -1.31. The first-order valence-electron chi connectivity index (χ1n) is 5.53. The van der Waals surface area contributed by atoms with E-state index in [0.717, 1.165) is 0 Å². The van der Waals surface area contributed by atoms with Crippen LogP contribution in [-0.2, 0) is 19.1 Å². The topological polar surface area (TPSA) is 78.7 Å². The van der Waals surface area contributed by atoms with Crippen molar-refractivity contribution in [2.75, 3.05) is 13.2 Å². The molecule has 1 amide bonds. The van der Waals surface area contributed by atoms with Gasteiger partial charge >= 0.3 is 22.5 Å². The molecule has 0 bridgehead atoms. The van der Waals surface area contributed by atoms with Crippen LogP contribution >= 0.6 is 0 Å². The van der Waals surface area contributed by atoms with Crippen molar-refractivity contribution in [2.24, 2.45) is 0 Å². The van der Waals surface area contributed by atoms with Crippen molar-refractivity contribution in [3.63, 3.8) is 0 Å². The highest BCUT2D eigenvalue weighted by atomic mass is 27.1. The number of morpholine rings is 1. The number of hydrogen-bond donors (Lipinski definition) is 0. The van der Waals surface area contributed by atoms with Crippen LogP contribution in [0.5, 0.6) is 0 Å². The standard InChI is InChI=1S/C10H17NO5.Al.2H/c1-10(2,3)16-9(14)6(12)7-8(13)11-4-5-15-7;;;/h6-7,12H,4-5H2,1-3H3,(H,11,13);;;/q;+1;;/t6-,7-;;;/m1.../s1. The van der Waals surface area contributed by atoms with Gasteiger partial charge in [-0.05, 0) is 20.8 Å². The Bertz CT molecular complexity index is 314. The molecule has 1 aliphatic heterocycles. The Morgan fingerprint density at radius 3 is 2.76 bits per heavy atom. The van der Waals surface area contributed by atoms with Crippen molar-refractivity contribution >= 4 is 28.4 Å². The third-order valence-corrected chi connectivity index (χ3v) is 3.20. The molecule has 2 N–H and O–H groups in total. The Labute approximate surface area is 109 Å². The number of carbonyl (C=O) groups excluding carboxylic acids is 2. The summed E-state index contributed by atoms with van der Waals surface area (Å²) in [6, 6.07) is 0. The molecule has 0 aromatic carbocycles. The molecule has 1 fully saturated rings. The highest BCUT2D eigenvalue weighted by Crippen LogP contribution is 2.14. The van der Waals surface area contributed by atoms with Crippen LogP contribution in [0.2, 0.25) is 0 Å². The molecule has 0 aromatic rings. The van der Waals surface area contributed by atoms with Gasteiger partial charge in [0.1, 0.15) is 5.60 Å². The summed E-state index contributed by atoms with van der Waals surface area (Å²) in [5.41, 5.74) is -0.658. The number of esters is 1. The van der Waals surface area contributed by atoms with Crippen LogP contribution in [0.3, 0.4) is 0 Å². The lowest BCUT2D eigenvalue weighted by molar-refractivity contribution is -0.181. The highest BCUT2D eigenvalue weighted by Gasteiger charge is 2.42. The van der Waals surface area contributed by atoms with Crippen molar-refractivity contribution in [3.05, 3.63) is 0 Å². The van der Waals surface area contributed by atoms with Gasteiger partial charge in [0, 0.05) is 6.54 Å². The van der Waals surface area contributed by atoms with Crippen LogP contribution in [-0.4, -0.2) is 68.3 Å². The number of hydrogen-bond acceptors (Lipinski definition) is 4. The van der Waals surface area contributed by atoms with E-state index in [1.165, 1.54) is 0 Å². The van der Waals surface area contributed by atoms with Gasteiger partial charge in [0.15, 0.2) is 0 Å². The second-order valence-electron chi connectivity index (χ2n) is 5.06. The lowest BCUT2D eigenvalue weighted by Crippen LogP contribution is -2.54. The number of ether oxygens (including phenoxy) is 2. The van der Waals surface area contributed by atoms with Crippen molar-refractivity contribution in [1.82, 2.24) is 3.88 Å². The maximum atomic E-state index is 11.7. The monoisotopic (exact) mass is 260 g/mol. The van der Waals surface area contributed by atoms with E-state index >= 15 is 0 Å². The summed E-state index contributed by atoms with van der Waals surface area (Å²) in [7, 11) is 0. The van der Waals surface area contributed by atoms with Crippen LogP contribution < -0.4 is 0 Å². The largest absolute Gasteiger partial charge is 0.454 e. The summed E-state index contributed by atoms with van der Waals surface area (Å²) in [6.45, 7) is 6.08. The molecule has 1 heterocycles. The molecule has 2 atom stereocenters. The first-order valence-corrected chi connectivity index (χ1v) is 6.42. The fraction of sp³-hybridized carbons (Fsp3) is 0.800. The molecule has 0 radical (unpaired) electrons. The number of nitrogens with zero attached hydrogens (tertiary/aromatic N) is 1. The van der Waals surface area contributed by atoms with Gasteiger partial charge in [-0.3, -0.25) is 4.79 Å². The molecule has 0 aliphatic carbocycles. The first-order chi connectivity index (χ1) is 7.72. The molecule has 96 valence electrons. The van der Waals surface area contributed by atoms with E-state index in [4.69, 9.17) is 14.6 Å². The van der Waals surface area contributed by atoms with Gasteiger partial charge in [0.2, 0.25) is 12.0 Å². The van der Waals surface area contributed by atoms with Gasteiger partial charge < -0.3 is 18.5 Å². The molecule has 0 unspecified atom stereocenters. The van der Waals surface area contributed by atoms with E-state index in [0.29, 0.717) is 29.7 Å². The SMILES string of the molecule is CC(C)(C)OC(=O)[C@H]([OH2+])[C@H]1OCC[N]([AlH2])C1=O. The van der Waals surface area contributed by atoms with Crippen LogP contribution in [0.25, 0.3) is 0 Å². The van der Waals surface area contributed by atoms with Crippen LogP contribution in [0, 0.1) is 0 Å². The Morgan fingerprint density at radius 1 is 1.65 bits per heavy atom. The van der Waals surface area contributed by atoms with Crippen molar-refractivity contribution in [1.29, 1.82) is 0 Å². The predicted molar refractivity (Wildman–Crippen MR) is 63.2 cm³/mol. The van der Waals surface area contributed by atoms with Crippen molar-refractivity contribution in [3.8, 4) is 0 Å². The van der Waals surface area contributed by atoms with Crippen LogP contribution in [0.4, 0.5) is 0 Å². The zero-order valence-electron chi connectivity index (χ0n) is 10.6. The summed E-state index contributed by atoms with van der Waals surface area (Å²) in [5, 5.41) is 7.74. The van der Waals surface area contributed by atoms with Crippen LogP contribution in [0.1, 0.15) is 20.8 Å². The van der Waals surface area contributed by atoms with E-state index in [2.05, 4.69) is 0 Å². The molecular weight excluding hydrogens is 241 g/mol. The quantitative estimate of drug-likeness (QED) is 0.333. The summed E-state index contributed by atoms with van der Waals surface area (Å²) < 4.78 is 11.9. The Morgan fingerprint density at radius 2 is 2.24 bits per heavy atom. The second kappa shape index (κ2) is 5.36. The Kier molecular flexibility index (Phi) is 4.56. The fourth-order valence-electron chi connectivity index (χ4n) is 1.44. The molecule has 17 heavy (non-hydrogen) atoms. The molecule has 1 rings (SSSR count). The maximum absolute atomic E-state index is 11.7. The molecular formula is C10H19AlNO5+. The first kappa shape index (κ1) is 14.5. The van der Waals surface area contributed by atoms with Crippen LogP contribution in [0.15, 0.2) is 0 Å². The fourth-order valence-corrected chi connectivity index (χ4v) is 1.88. The molecule has 6 nitrogen and oxygen atoms in total. The summed E-state index contributed by atoms with van der Waals surface area (Å²) in [4.78, 5) is 23.4. The number of amides is 1. The Balaban J connectivity index is 2.65. The Hall–Kier alpha value is -0.608. The average molecular weight is 260 g/mol. The number of rotatable bonds is 2. The molecule has 0 spiro atoms. The zero-order valence-corrected chi connectivity index (χ0v) is 12.6. The molecule has 0 aromatic heterocycles.